The second-order valence-corrected chi connectivity index (χ2v) is 5.19. The van der Waals surface area contributed by atoms with Crippen LogP contribution in [0, 0.1) is 5.41 Å². The number of pyridine rings is 1. The van der Waals surface area contributed by atoms with Crippen molar-refractivity contribution in [3.05, 3.63) is 24.4 Å². The van der Waals surface area contributed by atoms with Gasteiger partial charge in [0.05, 0.1) is 0 Å². The number of anilines is 1. The van der Waals surface area contributed by atoms with Crippen LogP contribution in [0.1, 0.15) is 33.3 Å². The van der Waals surface area contributed by atoms with E-state index in [0.717, 1.165) is 17.1 Å². The molecule has 1 heterocycles. The number of aliphatic imine (C=N–C) groups is 1. The summed E-state index contributed by atoms with van der Waals surface area (Å²) in [4.78, 5) is 8.35. The molecule has 0 aliphatic heterocycles. The fraction of sp³-hybridized carbons (Fsp3) is 0.429. The van der Waals surface area contributed by atoms with Crippen molar-refractivity contribution in [2.75, 3.05) is 5.32 Å². The lowest BCUT2D eigenvalue weighted by molar-refractivity contribution is 0.359. The van der Waals surface area contributed by atoms with E-state index in [2.05, 4.69) is 56.3 Å². The largest absolute Gasteiger partial charge is 0.365 e. The number of nitrogens with zero attached hydrogens (tertiary/aromatic N) is 2. The van der Waals surface area contributed by atoms with Crippen molar-refractivity contribution in [2.24, 2.45) is 10.4 Å². The molecule has 0 aromatic carbocycles. The summed E-state index contributed by atoms with van der Waals surface area (Å²) in [5.74, 6) is 0.764. The molecule has 1 rings (SSSR count). The van der Waals surface area contributed by atoms with E-state index in [9.17, 15) is 0 Å². The smallest absolute Gasteiger partial charge is 0.152 e. The second-order valence-electron chi connectivity index (χ2n) is 5.19. The first-order valence-corrected chi connectivity index (χ1v) is 5.75. The Morgan fingerprint density at radius 1 is 1.47 bits per heavy atom. The van der Waals surface area contributed by atoms with Crippen LogP contribution < -0.4 is 5.32 Å². The second kappa shape index (κ2) is 5.13. The van der Waals surface area contributed by atoms with E-state index in [-0.39, 0.29) is 11.5 Å². The zero-order chi connectivity index (χ0) is 13.1. The molecule has 0 aliphatic rings. The summed E-state index contributed by atoms with van der Waals surface area (Å²) >= 11 is 0. The first kappa shape index (κ1) is 13.4. The van der Waals surface area contributed by atoms with Crippen molar-refractivity contribution in [3.8, 4) is 0 Å². The molecule has 0 amide bonds. The molecule has 1 aromatic heterocycles. The molecule has 1 aromatic rings. The lowest BCUT2D eigenvalue weighted by Crippen LogP contribution is -2.31. The van der Waals surface area contributed by atoms with Crippen molar-refractivity contribution in [1.29, 1.82) is 0 Å². The maximum atomic E-state index is 4.32. The maximum Gasteiger partial charge on any atom is 0.152 e. The first-order valence-electron chi connectivity index (χ1n) is 5.75. The molecule has 1 N–H and O–H groups in total. The molecule has 17 heavy (non-hydrogen) atoms. The van der Waals surface area contributed by atoms with Gasteiger partial charge in [-0.3, -0.25) is 4.99 Å². The summed E-state index contributed by atoms with van der Waals surface area (Å²) in [6.45, 7) is 16.0. The maximum absolute atomic E-state index is 4.32. The van der Waals surface area contributed by atoms with Gasteiger partial charge in [-0.2, -0.15) is 0 Å². The minimum absolute atomic E-state index is 0.157. The predicted molar refractivity (Wildman–Crippen MR) is 76.1 cm³/mol. The van der Waals surface area contributed by atoms with Gasteiger partial charge in [-0.1, -0.05) is 33.4 Å². The molecule has 3 heteroatoms. The van der Waals surface area contributed by atoms with E-state index in [0.29, 0.717) is 0 Å². The van der Waals surface area contributed by atoms with Crippen molar-refractivity contribution in [1.82, 2.24) is 4.98 Å². The van der Waals surface area contributed by atoms with Crippen molar-refractivity contribution in [3.63, 3.8) is 0 Å². The fourth-order valence-electron chi connectivity index (χ4n) is 1.33. The van der Waals surface area contributed by atoms with E-state index in [1.54, 1.807) is 12.3 Å². The molecule has 0 aliphatic carbocycles. The van der Waals surface area contributed by atoms with Crippen LogP contribution in [-0.4, -0.2) is 17.7 Å². The van der Waals surface area contributed by atoms with Crippen LogP contribution in [0.15, 0.2) is 23.8 Å². The Labute approximate surface area is 104 Å². The molecule has 3 nitrogen and oxygen atoms in total. The zero-order valence-electron chi connectivity index (χ0n) is 11.1. The van der Waals surface area contributed by atoms with Gasteiger partial charge in [-0.25, -0.2) is 4.98 Å². The van der Waals surface area contributed by atoms with Gasteiger partial charge < -0.3 is 5.32 Å². The lowest BCUT2D eigenvalue weighted by Gasteiger charge is -2.29. The van der Waals surface area contributed by atoms with Gasteiger partial charge in [0, 0.05) is 17.8 Å². The number of hydrogen-bond acceptors (Lipinski definition) is 3. The quantitative estimate of drug-likeness (QED) is 0.798. The van der Waals surface area contributed by atoms with Crippen LogP contribution in [0.4, 0.5) is 11.5 Å². The van der Waals surface area contributed by atoms with Crippen LogP contribution in [-0.2, 0) is 0 Å². The fourth-order valence-corrected chi connectivity index (χ4v) is 1.33. The van der Waals surface area contributed by atoms with Gasteiger partial charge in [0.1, 0.15) is 5.69 Å². The summed E-state index contributed by atoms with van der Waals surface area (Å²) in [5.41, 5.74) is 1.86. The van der Waals surface area contributed by atoms with E-state index in [1.165, 1.54) is 0 Å². The Bertz CT molecular complexity index is 416. The minimum Gasteiger partial charge on any atom is -0.365 e. The van der Waals surface area contributed by atoms with E-state index >= 15 is 0 Å². The predicted octanol–water partition coefficient (Wildman–Crippen LogP) is 3.90. The Hall–Kier alpha value is -1.64. The van der Waals surface area contributed by atoms with Crippen LogP contribution in [0.3, 0.4) is 0 Å². The standard InChI is InChI=1S/C14H21N3/c1-7-11-8-9-16-13(12(11)15-6)17-10(2)14(3,4)5/h7-10H,1,6H2,2-5H3,(H,16,17). The molecule has 0 saturated heterocycles. The Morgan fingerprint density at radius 3 is 2.59 bits per heavy atom. The molecule has 0 radical (unpaired) electrons. The van der Waals surface area contributed by atoms with Crippen LogP contribution in [0.2, 0.25) is 0 Å². The summed E-state index contributed by atoms with van der Waals surface area (Å²) in [5, 5.41) is 3.38. The Kier molecular flexibility index (Phi) is 4.05. The van der Waals surface area contributed by atoms with E-state index < -0.39 is 0 Å². The molecule has 92 valence electrons. The monoisotopic (exact) mass is 231 g/mol. The van der Waals surface area contributed by atoms with Gasteiger partial charge >= 0.3 is 0 Å². The van der Waals surface area contributed by atoms with E-state index in [4.69, 9.17) is 0 Å². The normalized spacial score (nSPS) is 12.9. The van der Waals surface area contributed by atoms with Crippen LogP contribution in [0.5, 0.6) is 0 Å². The van der Waals surface area contributed by atoms with Crippen LogP contribution >= 0.6 is 0 Å². The molecule has 0 bridgehead atoms. The Morgan fingerprint density at radius 2 is 2.12 bits per heavy atom. The number of hydrogen-bond donors (Lipinski definition) is 1. The van der Waals surface area contributed by atoms with E-state index in [1.807, 2.05) is 6.07 Å². The van der Waals surface area contributed by atoms with Gasteiger partial charge in [0.2, 0.25) is 0 Å². The highest BCUT2D eigenvalue weighted by Gasteiger charge is 2.21. The first-order chi connectivity index (χ1) is 7.90. The highest BCUT2D eigenvalue weighted by atomic mass is 15.0. The number of aromatic nitrogens is 1. The zero-order valence-corrected chi connectivity index (χ0v) is 11.1. The summed E-state index contributed by atoms with van der Waals surface area (Å²) in [6.07, 6.45) is 3.52. The molecule has 0 spiro atoms. The molecule has 0 saturated carbocycles. The SMILES string of the molecule is C=Cc1ccnc(NC(C)C(C)(C)C)c1N=C. The topological polar surface area (TPSA) is 37.3 Å². The van der Waals surface area contributed by atoms with Gasteiger partial charge in [-0.05, 0) is 25.1 Å². The molecule has 0 fully saturated rings. The highest BCUT2D eigenvalue weighted by molar-refractivity contribution is 5.75. The highest BCUT2D eigenvalue weighted by Crippen LogP contribution is 2.30. The van der Waals surface area contributed by atoms with Crippen molar-refractivity contribution < 1.29 is 0 Å². The average molecular weight is 231 g/mol. The summed E-state index contributed by atoms with van der Waals surface area (Å²) < 4.78 is 0. The van der Waals surface area contributed by atoms with Crippen molar-refractivity contribution >= 4 is 24.3 Å². The van der Waals surface area contributed by atoms with Gasteiger partial charge in [0.25, 0.3) is 0 Å². The molecular formula is C14H21N3. The van der Waals surface area contributed by atoms with Gasteiger partial charge in [0.15, 0.2) is 5.82 Å². The number of nitrogens with one attached hydrogen (secondary N) is 1. The lowest BCUT2D eigenvalue weighted by atomic mass is 9.88. The number of rotatable bonds is 4. The molecule has 1 atom stereocenters. The Balaban J connectivity index is 3.07. The minimum atomic E-state index is 0.157. The molecule has 1 unspecified atom stereocenters. The van der Waals surface area contributed by atoms with Gasteiger partial charge in [-0.15, -0.1) is 0 Å². The summed E-state index contributed by atoms with van der Waals surface area (Å²) in [6, 6.07) is 2.17. The summed E-state index contributed by atoms with van der Waals surface area (Å²) in [7, 11) is 0. The average Bonchev–Trinajstić information content (AvgIpc) is 2.27. The third-order valence-electron chi connectivity index (χ3n) is 2.99. The third-order valence-corrected chi connectivity index (χ3v) is 2.99. The van der Waals surface area contributed by atoms with Crippen LogP contribution in [0.25, 0.3) is 6.08 Å². The third kappa shape index (κ3) is 3.16. The molecular weight excluding hydrogens is 210 g/mol. The van der Waals surface area contributed by atoms with Crippen molar-refractivity contribution in [2.45, 2.75) is 33.7 Å².